The lowest BCUT2D eigenvalue weighted by atomic mass is 10.1. The lowest BCUT2D eigenvalue weighted by molar-refractivity contribution is -0.136. The molecule has 15 heavy (non-hydrogen) atoms. The molecule has 0 aliphatic carbocycles. The molecule has 0 radical (unpaired) electrons. The first-order valence-electron chi connectivity index (χ1n) is 4.31. The standard InChI is InChI=1S/C10H12O4S/c1-7-3-8(6-10(11)12)5-9(4-7)15(2,13)14/h3-5H,6H2,1-2H3,(H,11,12). The Hall–Kier alpha value is -1.36. The number of sulfone groups is 1. The lowest BCUT2D eigenvalue weighted by Gasteiger charge is -2.04. The van der Waals surface area contributed by atoms with Crippen molar-refractivity contribution < 1.29 is 18.3 Å². The topological polar surface area (TPSA) is 71.4 Å². The van der Waals surface area contributed by atoms with Crippen LogP contribution in [0.4, 0.5) is 0 Å². The van der Waals surface area contributed by atoms with E-state index >= 15 is 0 Å². The van der Waals surface area contributed by atoms with Crippen LogP contribution in [0.5, 0.6) is 0 Å². The second-order valence-corrected chi connectivity index (χ2v) is 5.51. The molecule has 0 heterocycles. The summed E-state index contributed by atoms with van der Waals surface area (Å²) in [6.07, 6.45) is 0.941. The SMILES string of the molecule is Cc1cc(CC(=O)O)cc(S(C)(=O)=O)c1. The zero-order valence-electron chi connectivity index (χ0n) is 8.52. The average Bonchev–Trinajstić information content (AvgIpc) is 1.99. The Morgan fingerprint density at radius 1 is 1.33 bits per heavy atom. The van der Waals surface area contributed by atoms with Crippen molar-refractivity contribution in [2.75, 3.05) is 6.26 Å². The second-order valence-electron chi connectivity index (χ2n) is 3.50. The van der Waals surface area contributed by atoms with Gasteiger partial charge in [0.25, 0.3) is 0 Å². The van der Waals surface area contributed by atoms with Crippen molar-refractivity contribution in [1.82, 2.24) is 0 Å². The number of rotatable bonds is 3. The van der Waals surface area contributed by atoms with Gasteiger partial charge in [-0.1, -0.05) is 6.07 Å². The van der Waals surface area contributed by atoms with Crippen LogP contribution in [0.1, 0.15) is 11.1 Å². The molecule has 0 aromatic heterocycles. The van der Waals surface area contributed by atoms with Crippen LogP contribution < -0.4 is 0 Å². The lowest BCUT2D eigenvalue weighted by Crippen LogP contribution is -2.03. The molecule has 0 saturated heterocycles. The van der Waals surface area contributed by atoms with Crippen LogP contribution in [0.2, 0.25) is 0 Å². The van der Waals surface area contributed by atoms with Gasteiger partial charge in [0.15, 0.2) is 9.84 Å². The second kappa shape index (κ2) is 4.02. The first-order chi connectivity index (χ1) is 6.79. The van der Waals surface area contributed by atoms with E-state index in [1.165, 1.54) is 12.1 Å². The highest BCUT2D eigenvalue weighted by molar-refractivity contribution is 7.90. The fourth-order valence-electron chi connectivity index (χ4n) is 1.32. The number of aryl methyl sites for hydroxylation is 1. The van der Waals surface area contributed by atoms with E-state index in [0.29, 0.717) is 5.56 Å². The fourth-order valence-corrected chi connectivity index (χ4v) is 2.08. The van der Waals surface area contributed by atoms with Crippen molar-refractivity contribution >= 4 is 15.8 Å². The van der Waals surface area contributed by atoms with Crippen LogP contribution in [0.15, 0.2) is 23.1 Å². The summed E-state index contributed by atoms with van der Waals surface area (Å²) < 4.78 is 22.6. The number of hydrogen-bond donors (Lipinski definition) is 1. The molecule has 0 unspecified atom stereocenters. The number of carboxylic acids is 1. The fraction of sp³-hybridized carbons (Fsp3) is 0.300. The number of carbonyl (C=O) groups is 1. The Morgan fingerprint density at radius 3 is 2.40 bits per heavy atom. The Labute approximate surface area is 88.5 Å². The molecule has 4 nitrogen and oxygen atoms in total. The van der Waals surface area contributed by atoms with Crippen molar-refractivity contribution in [3.63, 3.8) is 0 Å². The van der Waals surface area contributed by atoms with E-state index < -0.39 is 15.8 Å². The normalized spacial score (nSPS) is 11.3. The largest absolute Gasteiger partial charge is 0.481 e. The van der Waals surface area contributed by atoms with Crippen LogP contribution in [-0.2, 0) is 21.1 Å². The van der Waals surface area contributed by atoms with E-state index in [4.69, 9.17) is 5.11 Å². The van der Waals surface area contributed by atoms with Crippen molar-refractivity contribution in [2.45, 2.75) is 18.2 Å². The molecule has 1 rings (SSSR count). The maximum absolute atomic E-state index is 11.3. The monoisotopic (exact) mass is 228 g/mol. The molecule has 0 fully saturated rings. The van der Waals surface area contributed by atoms with E-state index in [-0.39, 0.29) is 11.3 Å². The van der Waals surface area contributed by atoms with Gasteiger partial charge >= 0.3 is 5.97 Å². The van der Waals surface area contributed by atoms with Crippen LogP contribution in [0.25, 0.3) is 0 Å². The molecule has 0 atom stereocenters. The third-order valence-electron chi connectivity index (χ3n) is 1.89. The molecule has 1 aromatic rings. The summed E-state index contributed by atoms with van der Waals surface area (Å²) in [5.74, 6) is -0.972. The number of benzene rings is 1. The summed E-state index contributed by atoms with van der Waals surface area (Å²) in [5.41, 5.74) is 1.25. The van der Waals surface area contributed by atoms with Gasteiger partial charge in [0, 0.05) is 6.26 Å². The van der Waals surface area contributed by atoms with Gasteiger partial charge in [0.05, 0.1) is 11.3 Å². The van der Waals surface area contributed by atoms with Crippen LogP contribution in [-0.4, -0.2) is 25.7 Å². The van der Waals surface area contributed by atoms with E-state index in [9.17, 15) is 13.2 Å². The average molecular weight is 228 g/mol. The van der Waals surface area contributed by atoms with Gasteiger partial charge in [-0.2, -0.15) is 0 Å². The van der Waals surface area contributed by atoms with Gasteiger partial charge in [0.1, 0.15) is 0 Å². The van der Waals surface area contributed by atoms with Gasteiger partial charge in [-0.15, -0.1) is 0 Å². The van der Waals surface area contributed by atoms with Crippen LogP contribution in [0.3, 0.4) is 0 Å². The smallest absolute Gasteiger partial charge is 0.307 e. The van der Waals surface area contributed by atoms with Gasteiger partial charge in [-0.25, -0.2) is 8.42 Å². The van der Waals surface area contributed by atoms with Crippen molar-refractivity contribution in [3.8, 4) is 0 Å². The summed E-state index contributed by atoms with van der Waals surface area (Å²) >= 11 is 0. The Bertz CT molecular complexity index is 488. The van der Waals surface area contributed by atoms with E-state index in [0.717, 1.165) is 11.8 Å². The maximum atomic E-state index is 11.3. The number of carboxylic acid groups (broad SMARTS) is 1. The summed E-state index contributed by atoms with van der Waals surface area (Å²) in [6, 6.07) is 4.60. The molecule has 1 N–H and O–H groups in total. The first kappa shape index (κ1) is 11.7. The summed E-state index contributed by atoms with van der Waals surface area (Å²) in [4.78, 5) is 10.7. The summed E-state index contributed by atoms with van der Waals surface area (Å²) in [5, 5.41) is 8.60. The molecule has 5 heteroatoms. The first-order valence-corrected chi connectivity index (χ1v) is 6.20. The highest BCUT2D eigenvalue weighted by Crippen LogP contribution is 2.15. The van der Waals surface area contributed by atoms with Gasteiger partial charge in [-0.05, 0) is 30.2 Å². The predicted octanol–water partition coefficient (Wildman–Crippen LogP) is 1.03. The third-order valence-corrected chi connectivity index (χ3v) is 2.99. The van der Waals surface area contributed by atoms with E-state index in [2.05, 4.69) is 0 Å². The zero-order chi connectivity index (χ0) is 11.6. The minimum Gasteiger partial charge on any atom is -0.481 e. The molecular formula is C10H12O4S. The molecule has 0 spiro atoms. The number of aliphatic carboxylic acids is 1. The van der Waals surface area contributed by atoms with Crippen molar-refractivity contribution in [2.24, 2.45) is 0 Å². The Kier molecular flexibility index (Phi) is 3.14. The molecule has 0 saturated carbocycles. The quantitative estimate of drug-likeness (QED) is 0.838. The van der Waals surface area contributed by atoms with Crippen molar-refractivity contribution in [3.05, 3.63) is 29.3 Å². The predicted molar refractivity (Wildman–Crippen MR) is 55.6 cm³/mol. The molecule has 1 aromatic carbocycles. The van der Waals surface area contributed by atoms with Crippen LogP contribution >= 0.6 is 0 Å². The van der Waals surface area contributed by atoms with Gasteiger partial charge in [-0.3, -0.25) is 4.79 Å². The maximum Gasteiger partial charge on any atom is 0.307 e. The van der Waals surface area contributed by atoms with Crippen molar-refractivity contribution in [1.29, 1.82) is 0 Å². The Balaban J connectivity index is 3.23. The zero-order valence-corrected chi connectivity index (χ0v) is 9.34. The van der Waals surface area contributed by atoms with E-state index in [1.54, 1.807) is 13.0 Å². The molecule has 0 aliphatic rings. The summed E-state index contributed by atoms with van der Waals surface area (Å²) in [6.45, 7) is 1.74. The van der Waals surface area contributed by atoms with Crippen LogP contribution in [0, 0.1) is 6.92 Å². The third kappa shape index (κ3) is 3.36. The highest BCUT2D eigenvalue weighted by atomic mass is 32.2. The minimum atomic E-state index is -3.28. The van der Waals surface area contributed by atoms with Gasteiger partial charge < -0.3 is 5.11 Å². The van der Waals surface area contributed by atoms with E-state index in [1.807, 2.05) is 0 Å². The summed E-state index contributed by atoms with van der Waals surface area (Å²) in [7, 11) is -3.28. The molecule has 0 bridgehead atoms. The molecule has 0 aliphatic heterocycles. The van der Waals surface area contributed by atoms with Gasteiger partial charge in [0.2, 0.25) is 0 Å². The minimum absolute atomic E-state index is 0.163. The molecular weight excluding hydrogens is 216 g/mol. The highest BCUT2D eigenvalue weighted by Gasteiger charge is 2.10. The Morgan fingerprint density at radius 2 is 1.93 bits per heavy atom. The number of hydrogen-bond acceptors (Lipinski definition) is 3. The molecule has 0 amide bonds. The molecule has 82 valence electrons.